The fraction of sp³-hybridized carbons (Fsp3) is 0.176. The Morgan fingerprint density at radius 3 is 2.40 bits per heavy atom. The molecule has 102 valence electrons. The van der Waals surface area contributed by atoms with Crippen LogP contribution in [0.25, 0.3) is 0 Å². The van der Waals surface area contributed by atoms with Crippen LogP contribution in [0.4, 0.5) is 0 Å². The zero-order valence-electron chi connectivity index (χ0n) is 12.0. The number of hydrogen-bond acceptors (Lipinski definition) is 2. The van der Waals surface area contributed by atoms with E-state index in [-0.39, 0.29) is 5.91 Å². The standard InChI is InChI=1S/C17H18N2O/c1-12-9-10-16(13(2)11-12)14(3)18-19-17(20)15-7-5-4-6-8-15/h4-11H,1-3H3,(H,19,20)/b18-14-. The summed E-state index contributed by atoms with van der Waals surface area (Å²) in [6, 6.07) is 15.2. The van der Waals surface area contributed by atoms with Gasteiger partial charge < -0.3 is 0 Å². The molecule has 0 saturated carbocycles. The molecular weight excluding hydrogens is 248 g/mol. The molecule has 3 nitrogen and oxygen atoms in total. The zero-order chi connectivity index (χ0) is 14.5. The minimum absolute atomic E-state index is 0.199. The van der Waals surface area contributed by atoms with Gasteiger partial charge in [0.15, 0.2) is 0 Å². The van der Waals surface area contributed by atoms with Crippen molar-refractivity contribution in [3.8, 4) is 0 Å². The SMILES string of the molecule is C/C(=N/NC(=O)c1ccccc1)c1ccc(C)cc1C. The first-order valence-electron chi connectivity index (χ1n) is 6.55. The van der Waals surface area contributed by atoms with Gasteiger partial charge in [-0.3, -0.25) is 4.79 Å². The van der Waals surface area contributed by atoms with Gasteiger partial charge in [0.2, 0.25) is 0 Å². The van der Waals surface area contributed by atoms with Gasteiger partial charge in [-0.25, -0.2) is 5.43 Å². The number of carbonyl (C=O) groups excluding carboxylic acids is 1. The van der Waals surface area contributed by atoms with E-state index in [0.29, 0.717) is 5.56 Å². The van der Waals surface area contributed by atoms with E-state index in [1.54, 1.807) is 12.1 Å². The van der Waals surface area contributed by atoms with E-state index in [9.17, 15) is 4.79 Å². The lowest BCUT2D eigenvalue weighted by Gasteiger charge is -2.07. The molecule has 0 heterocycles. The van der Waals surface area contributed by atoms with Gasteiger partial charge >= 0.3 is 0 Å². The predicted molar refractivity (Wildman–Crippen MR) is 82.0 cm³/mol. The molecule has 0 aliphatic carbocycles. The van der Waals surface area contributed by atoms with Gasteiger partial charge in [-0.05, 0) is 38.5 Å². The molecule has 1 N–H and O–H groups in total. The van der Waals surface area contributed by atoms with Crippen molar-refractivity contribution in [1.29, 1.82) is 0 Å². The Morgan fingerprint density at radius 2 is 1.75 bits per heavy atom. The van der Waals surface area contributed by atoms with Crippen LogP contribution in [0.5, 0.6) is 0 Å². The van der Waals surface area contributed by atoms with Crippen molar-refractivity contribution >= 4 is 11.6 Å². The third-order valence-corrected chi connectivity index (χ3v) is 3.13. The summed E-state index contributed by atoms with van der Waals surface area (Å²) in [5.41, 5.74) is 7.40. The van der Waals surface area contributed by atoms with E-state index in [0.717, 1.165) is 16.8 Å². The van der Waals surface area contributed by atoms with Gasteiger partial charge in [0.1, 0.15) is 0 Å². The van der Waals surface area contributed by atoms with Gasteiger partial charge in [-0.1, -0.05) is 42.0 Å². The zero-order valence-corrected chi connectivity index (χ0v) is 12.0. The van der Waals surface area contributed by atoms with Gasteiger partial charge in [0.05, 0.1) is 5.71 Å². The first-order chi connectivity index (χ1) is 9.58. The third-order valence-electron chi connectivity index (χ3n) is 3.13. The number of benzene rings is 2. The molecule has 0 spiro atoms. The van der Waals surface area contributed by atoms with Crippen LogP contribution in [0.2, 0.25) is 0 Å². The maximum atomic E-state index is 11.9. The second kappa shape index (κ2) is 6.15. The molecule has 0 unspecified atom stereocenters. The van der Waals surface area contributed by atoms with E-state index < -0.39 is 0 Å². The van der Waals surface area contributed by atoms with Crippen molar-refractivity contribution in [3.63, 3.8) is 0 Å². The molecule has 0 aliphatic rings. The normalized spacial score (nSPS) is 11.2. The molecule has 20 heavy (non-hydrogen) atoms. The van der Waals surface area contributed by atoms with Crippen molar-refractivity contribution in [2.24, 2.45) is 5.10 Å². The lowest BCUT2D eigenvalue weighted by molar-refractivity contribution is 0.0955. The molecule has 2 aromatic rings. The largest absolute Gasteiger partial charge is 0.271 e. The van der Waals surface area contributed by atoms with Crippen LogP contribution in [0.3, 0.4) is 0 Å². The van der Waals surface area contributed by atoms with Crippen molar-refractivity contribution in [3.05, 3.63) is 70.8 Å². The van der Waals surface area contributed by atoms with Crippen LogP contribution in [0.1, 0.15) is 34.0 Å². The Labute approximate surface area is 119 Å². The first kappa shape index (κ1) is 14.0. The van der Waals surface area contributed by atoms with Gasteiger partial charge in [0, 0.05) is 11.1 Å². The molecular formula is C17H18N2O. The summed E-state index contributed by atoms with van der Waals surface area (Å²) >= 11 is 0. The van der Waals surface area contributed by atoms with Crippen molar-refractivity contribution in [2.75, 3.05) is 0 Å². The van der Waals surface area contributed by atoms with E-state index in [1.165, 1.54) is 5.56 Å². The number of hydrogen-bond donors (Lipinski definition) is 1. The van der Waals surface area contributed by atoms with Crippen molar-refractivity contribution in [1.82, 2.24) is 5.43 Å². The van der Waals surface area contributed by atoms with Crippen LogP contribution >= 0.6 is 0 Å². The maximum Gasteiger partial charge on any atom is 0.271 e. The minimum atomic E-state index is -0.199. The summed E-state index contributed by atoms with van der Waals surface area (Å²) in [6.45, 7) is 5.99. The smallest absolute Gasteiger partial charge is 0.267 e. The summed E-state index contributed by atoms with van der Waals surface area (Å²) in [6.07, 6.45) is 0. The van der Waals surface area contributed by atoms with E-state index in [1.807, 2.05) is 44.2 Å². The lowest BCUT2D eigenvalue weighted by Crippen LogP contribution is -2.19. The lowest BCUT2D eigenvalue weighted by atomic mass is 10.0. The van der Waals surface area contributed by atoms with E-state index in [4.69, 9.17) is 0 Å². The number of amides is 1. The number of carbonyl (C=O) groups is 1. The molecule has 2 rings (SSSR count). The minimum Gasteiger partial charge on any atom is -0.267 e. The molecule has 0 aromatic heterocycles. The average Bonchev–Trinajstić information content (AvgIpc) is 2.45. The Balaban J connectivity index is 2.13. The van der Waals surface area contributed by atoms with Crippen LogP contribution in [0, 0.1) is 13.8 Å². The topological polar surface area (TPSA) is 41.5 Å². The molecule has 0 atom stereocenters. The van der Waals surface area contributed by atoms with Crippen molar-refractivity contribution in [2.45, 2.75) is 20.8 Å². The summed E-state index contributed by atoms with van der Waals surface area (Å²) in [7, 11) is 0. The molecule has 0 saturated heterocycles. The summed E-state index contributed by atoms with van der Waals surface area (Å²) in [4.78, 5) is 11.9. The van der Waals surface area contributed by atoms with Crippen LogP contribution in [0.15, 0.2) is 53.6 Å². The molecule has 0 aliphatic heterocycles. The quantitative estimate of drug-likeness (QED) is 0.671. The highest BCUT2D eigenvalue weighted by Gasteiger charge is 2.05. The molecule has 3 heteroatoms. The fourth-order valence-corrected chi connectivity index (χ4v) is 2.07. The predicted octanol–water partition coefficient (Wildman–Crippen LogP) is 3.46. The first-order valence-corrected chi connectivity index (χ1v) is 6.55. The molecule has 1 amide bonds. The number of hydrazone groups is 1. The second-order valence-electron chi connectivity index (χ2n) is 4.82. The highest BCUT2D eigenvalue weighted by atomic mass is 16.2. The Morgan fingerprint density at radius 1 is 1.05 bits per heavy atom. The highest BCUT2D eigenvalue weighted by Crippen LogP contribution is 2.11. The van der Waals surface area contributed by atoms with E-state index >= 15 is 0 Å². The fourth-order valence-electron chi connectivity index (χ4n) is 2.07. The van der Waals surface area contributed by atoms with Gasteiger partial charge in [0.25, 0.3) is 5.91 Å². The summed E-state index contributed by atoms with van der Waals surface area (Å²) in [5.74, 6) is -0.199. The number of nitrogens with one attached hydrogen (secondary N) is 1. The monoisotopic (exact) mass is 266 g/mol. The number of rotatable bonds is 3. The maximum absolute atomic E-state index is 11.9. The Hall–Kier alpha value is -2.42. The van der Waals surface area contributed by atoms with Crippen molar-refractivity contribution < 1.29 is 4.79 Å². The average molecular weight is 266 g/mol. The molecule has 2 aromatic carbocycles. The number of aryl methyl sites for hydroxylation is 2. The number of nitrogens with zero attached hydrogens (tertiary/aromatic N) is 1. The van der Waals surface area contributed by atoms with Gasteiger partial charge in [-0.2, -0.15) is 5.10 Å². The van der Waals surface area contributed by atoms with Crippen LogP contribution in [-0.2, 0) is 0 Å². The summed E-state index contributed by atoms with van der Waals surface area (Å²) < 4.78 is 0. The second-order valence-corrected chi connectivity index (χ2v) is 4.82. The highest BCUT2D eigenvalue weighted by molar-refractivity contribution is 6.01. The summed E-state index contributed by atoms with van der Waals surface area (Å²) in [5, 5.41) is 4.18. The molecule has 0 bridgehead atoms. The van der Waals surface area contributed by atoms with Gasteiger partial charge in [-0.15, -0.1) is 0 Å². The Bertz CT molecular complexity index is 645. The Kier molecular flexibility index (Phi) is 4.31. The van der Waals surface area contributed by atoms with Crippen LogP contribution < -0.4 is 5.43 Å². The third kappa shape index (κ3) is 3.32. The molecule has 0 fully saturated rings. The van der Waals surface area contributed by atoms with Crippen LogP contribution in [-0.4, -0.2) is 11.6 Å². The molecule has 0 radical (unpaired) electrons. The van der Waals surface area contributed by atoms with E-state index in [2.05, 4.69) is 23.5 Å².